The van der Waals surface area contributed by atoms with Crippen molar-refractivity contribution in [3.8, 4) is 11.5 Å². The van der Waals surface area contributed by atoms with Gasteiger partial charge in [0.05, 0.1) is 19.8 Å². The summed E-state index contributed by atoms with van der Waals surface area (Å²) in [7, 11) is 3.30. The number of halogens is 3. The van der Waals surface area contributed by atoms with Crippen molar-refractivity contribution in [2.75, 3.05) is 40.4 Å². The Morgan fingerprint density at radius 1 is 0.821 bits per heavy atom. The first-order valence-corrected chi connectivity index (χ1v) is 9.21. The summed E-state index contributed by atoms with van der Waals surface area (Å²) in [6, 6.07) is 11.2. The number of benzene rings is 2. The Balaban J connectivity index is 1.53. The maximum absolute atomic E-state index is 12.7. The lowest BCUT2D eigenvalue weighted by Crippen LogP contribution is -2.45. The third-order valence-electron chi connectivity index (χ3n) is 5.03. The summed E-state index contributed by atoms with van der Waals surface area (Å²) < 4.78 is 48.8. The molecule has 1 aliphatic rings. The highest BCUT2D eigenvalue weighted by atomic mass is 19.4. The van der Waals surface area contributed by atoms with Gasteiger partial charge in [-0.3, -0.25) is 9.80 Å². The summed E-state index contributed by atoms with van der Waals surface area (Å²) >= 11 is 0. The van der Waals surface area contributed by atoms with E-state index < -0.39 is 11.7 Å². The molecule has 0 spiro atoms. The largest absolute Gasteiger partial charge is 0.497 e. The zero-order valence-electron chi connectivity index (χ0n) is 16.1. The Labute approximate surface area is 163 Å². The monoisotopic (exact) mass is 394 g/mol. The molecule has 2 aromatic rings. The van der Waals surface area contributed by atoms with E-state index in [1.54, 1.807) is 26.4 Å². The minimum atomic E-state index is -4.29. The van der Waals surface area contributed by atoms with E-state index in [2.05, 4.69) is 9.80 Å². The van der Waals surface area contributed by atoms with Gasteiger partial charge in [0.25, 0.3) is 0 Å². The second-order valence-corrected chi connectivity index (χ2v) is 6.92. The molecule has 0 unspecified atom stereocenters. The van der Waals surface area contributed by atoms with Crippen LogP contribution in [0.3, 0.4) is 0 Å². The molecule has 0 aromatic heterocycles. The lowest BCUT2D eigenvalue weighted by Gasteiger charge is -2.35. The van der Waals surface area contributed by atoms with Crippen LogP contribution < -0.4 is 9.47 Å². The van der Waals surface area contributed by atoms with Gasteiger partial charge in [-0.1, -0.05) is 12.1 Å². The number of hydrogen-bond acceptors (Lipinski definition) is 4. The highest BCUT2D eigenvalue weighted by molar-refractivity contribution is 5.40. The first-order valence-electron chi connectivity index (χ1n) is 9.21. The Bertz CT molecular complexity index is 770. The molecule has 0 saturated carbocycles. The zero-order chi connectivity index (χ0) is 20.1. The molecule has 1 heterocycles. The van der Waals surface area contributed by atoms with Crippen molar-refractivity contribution in [2.45, 2.75) is 19.3 Å². The molecule has 7 heteroatoms. The van der Waals surface area contributed by atoms with Gasteiger partial charge in [-0.15, -0.1) is 0 Å². The molecule has 0 N–H and O–H groups in total. The maximum Gasteiger partial charge on any atom is 0.416 e. The molecular formula is C21H25F3N2O2. The fourth-order valence-corrected chi connectivity index (χ4v) is 3.41. The van der Waals surface area contributed by atoms with E-state index in [1.165, 1.54) is 0 Å². The molecule has 0 atom stereocenters. The smallest absolute Gasteiger partial charge is 0.416 e. The van der Waals surface area contributed by atoms with Crippen LogP contribution in [0.1, 0.15) is 16.7 Å². The molecule has 3 rings (SSSR count). The Morgan fingerprint density at radius 3 is 1.96 bits per heavy atom. The van der Waals surface area contributed by atoms with E-state index in [0.717, 1.165) is 67.5 Å². The van der Waals surface area contributed by atoms with Crippen molar-refractivity contribution in [3.05, 3.63) is 59.2 Å². The minimum absolute atomic E-state index is 0.603. The average Bonchev–Trinajstić information content (AvgIpc) is 2.69. The predicted octanol–water partition coefficient (Wildman–Crippen LogP) is 4.04. The third kappa shape index (κ3) is 5.17. The number of ether oxygens (including phenoxy) is 2. The molecule has 4 nitrogen and oxygen atoms in total. The number of piperazine rings is 1. The summed E-state index contributed by atoms with van der Waals surface area (Å²) in [4.78, 5) is 4.61. The standard InChI is InChI=1S/C21H25F3N2O2/c1-27-19-7-8-20(28-2)17(13-19)15-26-11-9-25(10-12-26)14-16-3-5-18(6-4-16)21(22,23)24/h3-8,13H,9-12,14-15H2,1-2H3. The molecule has 1 fully saturated rings. The van der Waals surface area contributed by atoms with Crippen molar-refractivity contribution in [1.29, 1.82) is 0 Å². The van der Waals surface area contributed by atoms with Crippen LogP contribution in [-0.2, 0) is 19.3 Å². The molecule has 0 aliphatic carbocycles. The Morgan fingerprint density at radius 2 is 1.43 bits per heavy atom. The van der Waals surface area contributed by atoms with Gasteiger partial charge in [0.1, 0.15) is 11.5 Å². The summed E-state index contributed by atoms with van der Waals surface area (Å²) in [5.74, 6) is 1.64. The van der Waals surface area contributed by atoms with Gasteiger partial charge in [-0.2, -0.15) is 13.2 Å². The van der Waals surface area contributed by atoms with Crippen LogP contribution in [0.25, 0.3) is 0 Å². The van der Waals surface area contributed by atoms with Crippen LogP contribution >= 0.6 is 0 Å². The van der Waals surface area contributed by atoms with Crippen LogP contribution in [0.15, 0.2) is 42.5 Å². The molecule has 1 aliphatic heterocycles. The molecule has 28 heavy (non-hydrogen) atoms. The van der Waals surface area contributed by atoms with E-state index in [-0.39, 0.29) is 0 Å². The summed E-state index contributed by atoms with van der Waals surface area (Å²) in [5.41, 5.74) is 1.38. The molecule has 0 amide bonds. The number of nitrogens with zero attached hydrogens (tertiary/aromatic N) is 2. The normalized spacial score (nSPS) is 16.2. The van der Waals surface area contributed by atoms with Crippen molar-refractivity contribution in [2.24, 2.45) is 0 Å². The molecule has 152 valence electrons. The number of hydrogen-bond donors (Lipinski definition) is 0. The van der Waals surface area contributed by atoms with Gasteiger partial charge in [-0.25, -0.2) is 0 Å². The fourth-order valence-electron chi connectivity index (χ4n) is 3.41. The van der Waals surface area contributed by atoms with Crippen LogP contribution in [0.2, 0.25) is 0 Å². The molecule has 0 radical (unpaired) electrons. The van der Waals surface area contributed by atoms with Crippen LogP contribution in [0, 0.1) is 0 Å². The summed E-state index contributed by atoms with van der Waals surface area (Å²) in [6.07, 6.45) is -4.29. The lowest BCUT2D eigenvalue weighted by molar-refractivity contribution is -0.137. The second-order valence-electron chi connectivity index (χ2n) is 6.92. The van der Waals surface area contributed by atoms with Gasteiger partial charge in [0, 0.05) is 44.8 Å². The van der Waals surface area contributed by atoms with Gasteiger partial charge < -0.3 is 9.47 Å². The van der Waals surface area contributed by atoms with E-state index in [9.17, 15) is 13.2 Å². The maximum atomic E-state index is 12.7. The van der Waals surface area contributed by atoms with Crippen molar-refractivity contribution in [1.82, 2.24) is 9.80 Å². The topological polar surface area (TPSA) is 24.9 Å². The first-order chi connectivity index (χ1) is 13.4. The van der Waals surface area contributed by atoms with Crippen molar-refractivity contribution < 1.29 is 22.6 Å². The van der Waals surface area contributed by atoms with E-state index in [4.69, 9.17) is 9.47 Å². The zero-order valence-corrected chi connectivity index (χ0v) is 16.1. The fraction of sp³-hybridized carbons (Fsp3) is 0.429. The van der Waals surface area contributed by atoms with E-state index >= 15 is 0 Å². The number of methoxy groups -OCH3 is 2. The molecule has 2 aromatic carbocycles. The lowest BCUT2D eigenvalue weighted by atomic mass is 10.1. The Hall–Kier alpha value is -2.25. The minimum Gasteiger partial charge on any atom is -0.497 e. The van der Waals surface area contributed by atoms with E-state index in [1.807, 2.05) is 18.2 Å². The van der Waals surface area contributed by atoms with Crippen molar-refractivity contribution >= 4 is 0 Å². The van der Waals surface area contributed by atoms with Crippen molar-refractivity contribution in [3.63, 3.8) is 0 Å². The second kappa shape index (κ2) is 8.84. The Kier molecular flexibility index (Phi) is 6.46. The number of alkyl halides is 3. The first kappa shape index (κ1) is 20.5. The molecule has 1 saturated heterocycles. The van der Waals surface area contributed by atoms with Gasteiger partial charge in [0.15, 0.2) is 0 Å². The highest BCUT2D eigenvalue weighted by Crippen LogP contribution is 2.29. The predicted molar refractivity (Wildman–Crippen MR) is 102 cm³/mol. The van der Waals surface area contributed by atoms with Crippen LogP contribution in [0.4, 0.5) is 13.2 Å². The average molecular weight is 394 g/mol. The van der Waals surface area contributed by atoms with Crippen LogP contribution in [0.5, 0.6) is 11.5 Å². The van der Waals surface area contributed by atoms with Gasteiger partial charge >= 0.3 is 6.18 Å². The molecule has 0 bridgehead atoms. The van der Waals surface area contributed by atoms with Gasteiger partial charge in [-0.05, 0) is 35.9 Å². The summed E-state index contributed by atoms with van der Waals surface area (Å²) in [6.45, 7) is 4.95. The molecular weight excluding hydrogens is 369 g/mol. The van der Waals surface area contributed by atoms with E-state index in [0.29, 0.717) is 6.54 Å². The highest BCUT2D eigenvalue weighted by Gasteiger charge is 2.30. The third-order valence-corrected chi connectivity index (χ3v) is 5.03. The SMILES string of the molecule is COc1ccc(OC)c(CN2CCN(Cc3ccc(C(F)(F)F)cc3)CC2)c1. The number of rotatable bonds is 6. The summed E-state index contributed by atoms with van der Waals surface area (Å²) in [5, 5.41) is 0. The van der Waals surface area contributed by atoms with Crippen LogP contribution in [-0.4, -0.2) is 50.2 Å². The quantitative estimate of drug-likeness (QED) is 0.738. The van der Waals surface area contributed by atoms with Gasteiger partial charge in [0.2, 0.25) is 0 Å².